The summed E-state index contributed by atoms with van der Waals surface area (Å²) >= 11 is 0. The van der Waals surface area contributed by atoms with Crippen LogP contribution in [0.2, 0.25) is 0 Å². The summed E-state index contributed by atoms with van der Waals surface area (Å²) in [5.74, 6) is 0.868. The molecule has 0 aromatic heterocycles. The van der Waals surface area contributed by atoms with Gasteiger partial charge in [0.05, 0.1) is 19.3 Å². The highest BCUT2D eigenvalue weighted by atomic mass is 16.5. The summed E-state index contributed by atoms with van der Waals surface area (Å²) in [7, 11) is 1.69. The molecule has 148 valence electrons. The van der Waals surface area contributed by atoms with Crippen LogP contribution in [-0.2, 0) is 28.2 Å². The average molecular weight is 380 g/mol. The number of ether oxygens (including phenoxy) is 2. The van der Waals surface area contributed by atoms with Gasteiger partial charge < -0.3 is 14.8 Å². The van der Waals surface area contributed by atoms with Gasteiger partial charge in [-0.25, -0.2) is 0 Å². The summed E-state index contributed by atoms with van der Waals surface area (Å²) in [5.41, 5.74) is 3.56. The fraction of sp³-hybridized carbons (Fsp3) is 0.435. The first-order valence-corrected chi connectivity index (χ1v) is 10.0. The molecule has 2 aromatic carbocycles. The lowest BCUT2D eigenvalue weighted by Crippen LogP contribution is -2.42. The van der Waals surface area contributed by atoms with Gasteiger partial charge in [0, 0.05) is 26.1 Å². The van der Waals surface area contributed by atoms with Crippen LogP contribution in [0.25, 0.3) is 0 Å². The summed E-state index contributed by atoms with van der Waals surface area (Å²) in [4.78, 5) is 15.0. The van der Waals surface area contributed by atoms with Crippen molar-refractivity contribution in [3.63, 3.8) is 0 Å². The van der Waals surface area contributed by atoms with Crippen molar-refractivity contribution in [1.82, 2.24) is 10.2 Å². The highest BCUT2D eigenvalue weighted by Gasteiger charge is 2.52. The van der Waals surface area contributed by atoms with Crippen molar-refractivity contribution in [3.05, 3.63) is 65.2 Å². The molecular formula is C23H28N2O3. The van der Waals surface area contributed by atoms with Crippen LogP contribution in [-0.4, -0.2) is 37.2 Å². The lowest BCUT2D eigenvalue weighted by atomic mass is 9.86. The van der Waals surface area contributed by atoms with Crippen LogP contribution in [0.3, 0.4) is 0 Å². The Labute approximate surface area is 166 Å². The Hall–Kier alpha value is -2.37. The Morgan fingerprint density at radius 1 is 1.29 bits per heavy atom. The van der Waals surface area contributed by atoms with Crippen LogP contribution in [0.1, 0.15) is 36.5 Å². The van der Waals surface area contributed by atoms with Gasteiger partial charge >= 0.3 is 0 Å². The minimum Gasteiger partial charge on any atom is -0.497 e. The van der Waals surface area contributed by atoms with Gasteiger partial charge in [-0.1, -0.05) is 43.3 Å². The molecule has 5 heteroatoms. The number of amides is 1. The van der Waals surface area contributed by atoms with Crippen LogP contribution in [0.4, 0.5) is 0 Å². The number of fused-ring (bicyclic) bond motifs is 2. The van der Waals surface area contributed by atoms with E-state index in [4.69, 9.17) is 9.47 Å². The molecule has 0 saturated carbocycles. The Morgan fingerprint density at radius 3 is 2.96 bits per heavy atom. The Kier molecular flexibility index (Phi) is 5.38. The Bertz CT molecular complexity index is 853. The second-order valence-corrected chi connectivity index (χ2v) is 7.69. The average Bonchev–Trinajstić information content (AvgIpc) is 3.30. The highest BCUT2D eigenvalue weighted by Crippen LogP contribution is 2.47. The number of nitrogens with one attached hydrogen (secondary N) is 1. The van der Waals surface area contributed by atoms with Gasteiger partial charge in [0.15, 0.2) is 0 Å². The molecule has 5 nitrogen and oxygen atoms in total. The van der Waals surface area contributed by atoms with E-state index >= 15 is 0 Å². The smallest absolute Gasteiger partial charge is 0.249 e. The summed E-state index contributed by atoms with van der Waals surface area (Å²) < 4.78 is 11.4. The SMILES string of the molecule is CCCNC(=O)C1CC2(CO1)c1ccccc1CN2Cc1cccc(OC)c1. The van der Waals surface area contributed by atoms with Gasteiger partial charge in [-0.05, 0) is 35.2 Å². The van der Waals surface area contributed by atoms with Crippen molar-refractivity contribution in [2.24, 2.45) is 0 Å². The van der Waals surface area contributed by atoms with Gasteiger partial charge in [0.2, 0.25) is 5.91 Å². The van der Waals surface area contributed by atoms with Gasteiger partial charge in [0.1, 0.15) is 11.9 Å². The molecule has 2 aliphatic heterocycles. The zero-order chi connectivity index (χ0) is 19.6. The molecule has 0 radical (unpaired) electrons. The van der Waals surface area contributed by atoms with Crippen molar-refractivity contribution in [1.29, 1.82) is 0 Å². The van der Waals surface area contributed by atoms with E-state index in [1.165, 1.54) is 16.7 Å². The second kappa shape index (κ2) is 7.94. The van der Waals surface area contributed by atoms with E-state index < -0.39 is 6.10 Å². The summed E-state index contributed by atoms with van der Waals surface area (Å²) in [6.07, 6.45) is 1.21. The van der Waals surface area contributed by atoms with Crippen LogP contribution in [0.5, 0.6) is 5.75 Å². The lowest BCUT2D eigenvalue weighted by Gasteiger charge is -2.35. The molecule has 1 fully saturated rings. The van der Waals surface area contributed by atoms with Crippen LogP contribution in [0, 0.1) is 0 Å². The predicted molar refractivity (Wildman–Crippen MR) is 108 cm³/mol. The normalized spacial score (nSPS) is 23.7. The number of carbonyl (C=O) groups is 1. The fourth-order valence-electron chi connectivity index (χ4n) is 4.44. The summed E-state index contributed by atoms with van der Waals surface area (Å²) in [6.45, 7) is 4.94. The van der Waals surface area contributed by atoms with Gasteiger partial charge in [-0.2, -0.15) is 0 Å². The quantitative estimate of drug-likeness (QED) is 0.836. The molecule has 0 aliphatic carbocycles. The number of nitrogens with zero attached hydrogens (tertiary/aromatic N) is 1. The molecule has 2 heterocycles. The predicted octanol–water partition coefficient (Wildman–Crippen LogP) is 3.22. The standard InChI is InChI=1S/C23H28N2O3/c1-3-11-24-22(26)21-13-23(16-28-21)20-10-5-4-8-18(20)15-25(23)14-17-7-6-9-19(12-17)27-2/h4-10,12,21H,3,11,13-16H2,1-2H3,(H,24,26). The number of carbonyl (C=O) groups excluding carboxylic acids is 1. The van der Waals surface area contributed by atoms with E-state index in [1.807, 2.05) is 12.1 Å². The number of benzene rings is 2. The maximum absolute atomic E-state index is 12.5. The minimum absolute atomic E-state index is 0.00411. The largest absolute Gasteiger partial charge is 0.497 e. The number of rotatable bonds is 6. The summed E-state index contributed by atoms with van der Waals surface area (Å²) in [5, 5.41) is 2.99. The van der Waals surface area contributed by atoms with Gasteiger partial charge in [-0.3, -0.25) is 9.69 Å². The molecule has 1 amide bonds. The minimum atomic E-state index is -0.398. The maximum Gasteiger partial charge on any atom is 0.249 e. The Balaban J connectivity index is 1.61. The summed E-state index contributed by atoms with van der Waals surface area (Å²) in [6, 6.07) is 16.7. The molecule has 2 aromatic rings. The fourth-order valence-corrected chi connectivity index (χ4v) is 4.44. The molecule has 2 aliphatic rings. The number of methoxy groups -OCH3 is 1. The third-order valence-electron chi connectivity index (χ3n) is 5.88. The number of hydrogen-bond acceptors (Lipinski definition) is 4. The highest BCUT2D eigenvalue weighted by molar-refractivity contribution is 5.81. The van der Waals surface area contributed by atoms with E-state index in [9.17, 15) is 4.79 Å². The Morgan fingerprint density at radius 2 is 2.14 bits per heavy atom. The second-order valence-electron chi connectivity index (χ2n) is 7.69. The van der Waals surface area contributed by atoms with E-state index in [1.54, 1.807) is 7.11 Å². The molecular weight excluding hydrogens is 352 g/mol. The monoisotopic (exact) mass is 380 g/mol. The zero-order valence-electron chi connectivity index (χ0n) is 16.6. The third-order valence-corrected chi connectivity index (χ3v) is 5.88. The van der Waals surface area contributed by atoms with E-state index in [-0.39, 0.29) is 11.4 Å². The third kappa shape index (κ3) is 3.40. The maximum atomic E-state index is 12.5. The molecule has 0 bridgehead atoms. The molecule has 2 unspecified atom stereocenters. The van der Waals surface area contributed by atoms with Crippen LogP contribution in [0.15, 0.2) is 48.5 Å². The number of hydrogen-bond donors (Lipinski definition) is 1. The van der Waals surface area contributed by atoms with Crippen molar-refractivity contribution < 1.29 is 14.3 Å². The molecule has 1 saturated heterocycles. The first kappa shape index (κ1) is 19.0. The molecule has 1 spiro atoms. The van der Waals surface area contributed by atoms with Crippen molar-refractivity contribution >= 4 is 5.91 Å². The van der Waals surface area contributed by atoms with Crippen LogP contribution >= 0.6 is 0 Å². The van der Waals surface area contributed by atoms with Crippen molar-refractivity contribution in [3.8, 4) is 5.75 Å². The van der Waals surface area contributed by atoms with Crippen LogP contribution < -0.4 is 10.1 Å². The molecule has 28 heavy (non-hydrogen) atoms. The van der Waals surface area contributed by atoms with E-state index in [0.29, 0.717) is 19.6 Å². The first-order valence-electron chi connectivity index (χ1n) is 10.0. The molecule has 2 atom stereocenters. The zero-order valence-corrected chi connectivity index (χ0v) is 16.6. The lowest BCUT2D eigenvalue weighted by molar-refractivity contribution is -0.130. The van der Waals surface area contributed by atoms with E-state index in [2.05, 4.69) is 53.5 Å². The van der Waals surface area contributed by atoms with Crippen molar-refractivity contribution in [2.45, 2.75) is 44.5 Å². The van der Waals surface area contributed by atoms with E-state index in [0.717, 1.165) is 25.3 Å². The molecule has 4 rings (SSSR count). The topological polar surface area (TPSA) is 50.8 Å². The van der Waals surface area contributed by atoms with Gasteiger partial charge in [-0.15, -0.1) is 0 Å². The first-order chi connectivity index (χ1) is 13.7. The van der Waals surface area contributed by atoms with Gasteiger partial charge in [0.25, 0.3) is 0 Å². The van der Waals surface area contributed by atoms with Crippen molar-refractivity contribution in [2.75, 3.05) is 20.3 Å². The molecule has 1 N–H and O–H groups in total.